The van der Waals surface area contributed by atoms with Gasteiger partial charge in [0, 0.05) is 5.02 Å². The largest absolute Gasteiger partial charge is 0.323 e. The maximum absolute atomic E-state index is 11.1. The molecule has 0 atom stereocenters. The van der Waals surface area contributed by atoms with Crippen LogP contribution in [0.5, 0.6) is 0 Å². The number of fused-ring (bicyclic) bond motifs is 1. The molecule has 68 valence electrons. The molecule has 1 heterocycles. The molecule has 0 aliphatic carbocycles. The number of nitrogens with zero attached hydrogens (tertiary/aromatic N) is 1. The Morgan fingerprint density at radius 3 is 3.08 bits per heavy atom. The molecule has 1 aromatic rings. The molecule has 0 saturated heterocycles. The topological polar surface area (TPSA) is 58.4 Å². The van der Waals surface area contributed by atoms with E-state index in [9.17, 15) is 4.79 Å². The van der Waals surface area contributed by atoms with E-state index in [1.807, 2.05) is 0 Å². The second-order valence-corrected chi connectivity index (χ2v) is 3.27. The van der Waals surface area contributed by atoms with Crippen molar-refractivity contribution in [2.75, 3.05) is 16.9 Å². The van der Waals surface area contributed by atoms with Gasteiger partial charge in [0.25, 0.3) is 0 Å². The second-order valence-electron chi connectivity index (χ2n) is 2.84. The van der Waals surface area contributed by atoms with Crippen LogP contribution in [0.2, 0.25) is 5.02 Å². The lowest BCUT2D eigenvalue weighted by atomic mass is 10.2. The van der Waals surface area contributed by atoms with E-state index < -0.39 is 0 Å². The van der Waals surface area contributed by atoms with Crippen molar-refractivity contribution in [2.45, 2.75) is 0 Å². The lowest BCUT2D eigenvalue weighted by Gasteiger charge is -2.26. The molecule has 1 aliphatic heterocycles. The van der Waals surface area contributed by atoms with Crippen LogP contribution in [0.4, 0.5) is 11.4 Å². The van der Waals surface area contributed by atoms with Crippen LogP contribution in [0.15, 0.2) is 18.2 Å². The van der Waals surface area contributed by atoms with Crippen molar-refractivity contribution in [3.05, 3.63) is 23.2 Å². The minimum atomic E-state index is -0.128. The number of amides is 1. The number of carbonyl (C=O) groups is 1. The van der Waals surface area contributed by atoms with Gasteiger partial charge in [-0.1, -0.05) is 11.6 Å². The number of hydrogen-bond acceptors (Lipinski definition) is 3. The third-order valence-corrected chi connectivity index (χ3v) is 2.09. The summed E-state index contributed by atoms with van der Waals surface area (Å²) in [5.41, 5.74) is 1.44. The van der Waals surface area contributed by atoms with Crippen LogP contribution in [-0.2, 0) is 4.79 Å². The van der Waals surface area contributed by atoms with Crippen molar-refractivity contribution in [1.82, 2.24) is 0 Å². The van der Waals surface area contributed by atoms with Gasteiger partial charge in [-0.25, -0.2) is 5.84 Å². The van der Waals surface area contributed by atoms with E-state index in [0.29, 0.717) is 10.7 Å². The zero-order chi connectivity index (χ0) is 9.42. The van der Waals surface area contributed by atoms with Gasteiger partial charge in [-0.3, -0.25) is 9.80 Å². The molecule has 0 radical (unpaired) electrons. The Morgan fingerprint density at radius 1 is 1.54 bits per heavy atom. The molecule has 1 amide bonds. The van der Waals surface area contributed by atoms with Gasteiger partial charge in [0.05, 0.1) is 11.4 Å². The van der Waals surface area contributed by atoms with Crippen LogP contribution in [-0.4, -0.2) is 12.5 Å². The van der Waals surface area contributed by atoms with E-state index in [1.54, 1.807) is 18.2 Å². The summed E-state index contributed by atoms with van der Waals surface area (Å²) in [5.74, 6) is 5.49. The number of nitrogens with one attached hydrogen (secondary N) is 1. The first-order valence-corrected chi connectivity index (χ1v) is 4.16. The minimum Gasteiger partial charge on any atom is -0.323 e. The predicted octanol–water partition coefficient (Wildman–Crippen LogP) is 0.972. The summed E-state index contributed by atoms with van der Waals surface area (Å²) in [5, 5.41) is 4.66. The highest BCUT2D eigenvalue weighted by molar-refractivity contribution is 6.31. The molecule has 5 heteroatoms. The van der Waals surface area contributed by atoms with Gasteiger partial charge in [0.2, 0.25) is 5.91 Å². The zero-order valence-corrected chi connectivity index (χ0v) is 7.51. The summed E-state index contributed by atoms with van der Waals surface area (Å²) in [7, 11) is 0. The normalized spacial score (nSPS) is 15.2. The van der Waals surface area contributed by atoms with E-state index >= 15 is 0 Å². The Morgan fingerprint density at radius 2 is 2.31 bits per heavy atom. The number of carbonyl (C=O) groups excluding carboxylic acids is 1. The van der Waals surface area contributed by atoms with Crippen LogP contribution >= 0.6 is 11.6 Å². The van der Waals surface area contributed by atoms with Crippen molar-refractivity contribution < 1.29 is 4.79 Å². The molecule has 0 bridgehead atoms. The van der Waals surface area contributed by atoms with Crippen molar-refractivity contribution in [1.29, 1.82) is 0 Å². The maximum Gasteiger partial charge on any atom is 0.245 e. The van der Waals surface area contributed by atoms with E-state index in [-0.39, 0.29) is 12.5 Å². The summed E-state index contributed by atoms with van der Waals surface area (Å²) in [4.78, 5) is 11.1. The number of hydrazine groups is 1. The lowest BCUT2D eigenvalue weighted by molar-refractivity contribution is -0.115. The molecular weight excluding hydrogens is 190 g/mol. The summed E-state index contributed by atoms with van der Waals surface area (Å²) < 4.78 is 0. The monoisotopic (exact) mass is 197 g/mol. The summed E-state index contributed by atoms with van der Waals surface area (Å²) >= 11 is 5.76. The maximum atomic E-state index is 11.1. The summed E-state index contributed by atoms with van der Waals surface area (Å²) in [6, 6.07) is 5.18. The smallest absolute Gasteiger partial charge is 0.245 e. The Balaban J connectivity index is 2.49. The van der Waals surface area contributed by atoms with Gasteiger partial charge >= 0.3 is 0 Å². The summed E-state index contributed by atoms with van der Waals surface area (Å²) in [6.07, 6.45) is 0. The Hall–Kier alpha value is -1.26. The SMILES string of the molecule is NN1CC(=O)Nc2cc(Cl)ccc21. The first-order valence-electron chi connectivity index (χ1n) is 3.78. The highest BCUT2D eigenvalue weighted by atomic mass is 35.5. The quantitative estimate of drug-likeness (QED) is 0.610. The van der Waals surface area contributed by atoms with Gasteiger partial charge in [0.1, 0.15) is 6.54 Å². The molecule has 0 fully saturated rings. The fraction of sp³-hybridized carbons (Fsp3) is 0.125. The molecule has 2 rings (SSSR count). The van der Waals surface area contributed by atoms with Crippen molar-refractivity contribution >= 4 is 28.9 Å². The van der Waals surface area contributed by atoms with Crippen LogP contribution < -0.4 is 16.2 Å². The first kappa shape index (κ1) is 8.34. The van der Waals surface area contributed by atoms with Crippen LogP contribution in [0.3, 0.4) is 0 Å². The Bertz CT molecular complexity index is 366. The minimum absolute atomic E-state index is 0.128. The molecule has 0 aromatic heterocycles. The molecule has 1 aliphatic rings. The highest BCUT2D eigenvalue weighted by Gasteiger charge is 2.19. The van der Waals surface area contributed by atoms with Gasteiger partial charge in [-0.15, -0.1) is 0 Å². The van der Waals surface area contributed by atoms with Crippen LogP contribution in [0.25, 0.3) is 0 Å². The first-order chi connectivity index (χ1) is 6.16. The average Bonchev–Trinajstić information content (AvgIpc) is 2.02. The van der Waals surface area contributed by atoms with E-state index in [0.717, 1.165) is 5.69 Å². The molecule has 13 heavy (non-hydrogen) atoms. The van der Waals surface area contributed by atoms with Crippen molar-refractivity contribution in [3.63, 3.8) is 0 Å². The van der Waals surface area contributed by atoms with E-state index in [4.69, 9.17) is 17.4 Å². The number of anilines is 2. The molecule has 3 N–H and O–H groups in total. The number of rotatable bonds is 0. The van der Waals surface area contributed by atoms with Gasteiger partial charge in [0.15, 0.2) is 0 Å². The average molecular weight is 198 g/mol. The molecular formula is C8H8ClN3O. The van der Waals surface area contributed by atoms with E-state index in [2.05, 4.69) is 5.32 Å². The number of halogens is 1. The number of nitrogens with two attached hydrogens (primary N) is 1. The Kier molecular flexibility index (Phi) is 1.86. The molecule has 1 aromatic carbocycles. The molecule has 4 nitrogen and oxygen atoms in total. The molecule has 0 spiro atoms. The van der Waals surface area contributed by atoms with Crippen molar-refractivity contribution in [3.8, 4) is 0 Å². The number of benzene rings is 1. The zero-order valence-electron chi connectivity index (χ0n) is 6.75. The molecule has 0 saturated carbocycles. The van der Waals surface area contributed by atoms with Gasteiger partial charge in [-0.2, -0.15) is 0 Å². The standard InChI is InChI=1S/C8H8ClN3O/c9-5-1-2-7-6(3-5)11-8(13)4-12(7)10/h1-3H,4,10H2,(H,11,13). The Labute approximate surface area is 80.2 Å². The van der Waals surface area contributed by atoms with E-state index in [1.165, 1.54) is 5.01 Å². The predicted molar refractivity (Wildman–Crippen MR) is 51.6 cm³/mol. The van der Waals surface area contributed by atoms with Gasteiger partial charge < -0.3 is 5.32 Å². The summed E-state index contributed by atoms with van der Waals surface area (Å²) in [6.45, 7) is 0.175. The number of hydrogen-bond donors (Lipinski definition) is 2. The van der Waals surface area contributed by atoms with Crippen LogP contribution in [0, 0.1) is 0 Å². The fourth-order valence-corrected chi connectivity index (χ4v) is 1.46. The van der Waals surface area contributed by atoms with Crippen molar-refractivity contribution in [2.24, 2.45) is 5.84 Å². The molecule has 0 unspecified atom stereocenters. The lowest BCUT2D eigenvalue weighted by Crippen LogP contribution is -2.42. The van der Waals surface area contributed by atoms with Gasteiger partial charge in [-0.05, 0) is 18.2 Å². The fourth-order valence-electron chi connectivity index (χ4n) is 1.29. The highest BCUT2D eigenvalue weighted by Crippen LogP contribution is 2.29. The third-order valence-electron chi connectivity index (χ3n) is 1.86. The van der Waals surface area contributed by atoms with Crippen LogP contribution in [0.1, 0.15) is 0 Å². The third kappa shape index (κ3) is 1.46. The second kappa shape index (κ2) is 2.90.